The second-order valence-corrected chi connectivity index (χ2v) is 1.44. The van der Waals surface area contributed by atoms with Gasteiger partial charge in [-0.1, -0.05) is 6.58 Å². The van der Waals surface area contributed by atoms with Crippen LogP contribution in [0.3, 0.4) is 0 Å². The molecule has 1 saturated heterocycles. The van der Waals surface area contributed by atoms with Crippen molar-refractivity contribution < 1.29 is 9.47 Å². The Labute approximate surface area is 42.7 Å². The van der Waals surface area contributed by atoms with E-state index in [0.29, 0.717) is 0 Å². The predicted octanol–water partition coefficient (Wildman–Crippen LogP) is 0.891. The fourth-order valence-corrected chi connectivity index (χ4v) is 0.499. The molecule has 0 saturated carbocycles. The minimum absolute atomic E-state index is 0.0250. The normalized spacial score (nSPS) is 39.6. The van der Waals surface area contributed by atoms with Crippen LogP contribution in [0.1, 0.15) is 6.92 Å². The van der Waals surface area contributed by atoms with Gasteiger partial charge in [0.05, 0.1) is 0 Å². The number of hydrogen-bond donors (Lipinski definition) is 0. The van der Waals surface area contributed by atoms with Gasteiger partial charge < -0.3 is 9.47 Å². The molecule has 2 nitrogen and oxygen atoms in total. The molecule has 1 fully saturated rings. The predicted molar refractivity (Wildman–Crippen MR) is 25.6 cm³/mol. The Morgan fingerprint density at radius 2 is 2.14 bits per heavy atom. The first-order valence-corrected chi connectivity index (χ1v) is 2.26. The van der Waals surface area contributed by atoms with Crippen molar-refractivity contribution in [3.05, 3.63) is 12.7 Å². The molecular formula is C5H8O2. The lowest BCUT2D eigenvalue weighted by Gasteiger charge is -2.30. The van der Waals surface area contributed by atoms with E-state index in [0.717, 1.165) is 0 Å². The topological polar surface area (TPSA) is 18.5 Å². The molecule has 2 heteroatoms. The summed E-state index contributed by atoms with van der Waals surface area (Å²) in [6, 6.07) is 0. The molecular weight excluding hydrogens is 92.1 g/mol. The zero-order valence-electron chi connectivity index (χ0n) is 4.26. The van der Waals surface area contributed by atoms with E-state index < -0.39 is 0 Å². The van der Waals surface area contributed by atoms with Crippen LogP contribution < -0.4 is 0 Å². The molecule has 0 aromatic carbocycles. The van der Waals surface area contributed by atoms with Crippen LogP contribution in [-0.4, -0.2) is 12.6 Å². The van der Waals surface area contributed by atoms with Gasteiger partial charge in [0.2, 0.25) is 0 Å². The van der Waals surface area contributed by atoms with Crippen LogP contribution in [0.2, 0.25) is 0 Å². The summed E-state index contributed by atoms with van der Waals surface area (Å²) in [5.74, 6) is 0. The zero-order valence-corrected chi connectivity index (χ0v) is 4.26. The highest BCUT2D eigenvalue weighted by Gasteiger charge is 2.22. The Morgan fingerprint density at radius 3 is 2.29 bits per heavy atom. The van der Waals surface area contributed by atoms with Crippen LogP contribution in [0.5, 0.6) is 0 Å². The molecule has 1 rings (SSSR count). The quantitative estimate of drug-likeness (QED) is 0.455. The van der Waals surface area contributed by atoms with Crippen molar-refractivity contribution in [2.24, 2.45) is 0 Å². The molecule has 0 aromatic heterocycles. The molecule has 0 aliphatic carbocycles. The second kappa shape index (κ2) is 1.64. The standard InChI is InChI=1S/C5H8O2/c1-3-5-6-4(2)7-5/h3-5H,1H2,2H3. The SMILES string of the molecule is C=CC1OC(C)O1. The van der Waals surface area contributed by atoms with Crippen LogP contribution in [-0.2, 0) is 9.47 Å². The third-order valence-electron chi connectivity index (χ3n) is 0.844. The third kappa shape index (κ3) is 0.813. The first kappa shape index (κ1) is 4.81. The van der Waals surface area contributed by atoms with E-state index in [1.807, 2.05) is 6.92 Å². The number of rotatable bonds is 1. The minimum atomic E-state index is -0.144. The summed E-state index contributed by atoms with van der Waals surface area (Å²) >= 11 is 0. The lowest BCUT2D eigenvalue weighted by Crippen LogP contribution is -2.36. The Kier molecular flexibility index (Phi) is 1.13. The Balaban J connectivity index is 2.17. The molecule has 7 heavy (non-hydrogen) atoms. The summed E-state index contributed by atoms with van der Waals surface area (Å²) < 4.78 is 9.90. The van der Waals surface area contributed by atoms with E-state index in [1.54, 1.807) is 6.08 Å². The van der Waals surface area contributed by atoms with E-state index in [1.165, 1.54) is 0 Å². The van der Waals surface area contributed by atoms with Gasteiger partial charge in [-0.3, -0.25) is 0 Å². The van der Waals surface area contributed by atoms with Gasteiger partial charge in [-0.25, -0.2) is 0 Å². The van der Waals surface area contributed by atoms with E-state index in [9.17, 15) is 0 Å². The number of ether oxygens (including phenoxy) is 2. The van der Waals surface area contributed by atoms with Crippen molar-refractivity contribution in [1.29, 1.82) is 0 Å². The lowest BCUT2D eigenvalue weighted by molar-refractivity contribution is -0.354. The highest BCUT2D eigenvalue weighted by Crippen LogP contribution is 2.15. The van der Waals surface area contributed by atoms with Gasteiger partial charge in [0.25, 0.3) is 0 Å². The highest BCUT2D eigenvalue weighted by atomic mass is 16.9. The van der Waals surface area contributed by atoms with Crippen LogP contribution in [0.15, 0.2) is 12.7 Å². The monoisotopic (exact) mass is 100 g/mol. The van der Waals surface area contributed by atoms with Crippen molar-refractivity contribution in [2.75, 3.05) is 0 Å². The van der Waals surface area contributed by atoms with Gasteiger partial charge in [0.15, 0.2) is 12.6 Å². The lowest BCUT2D eigenvalue weighted by atomic mass is 10.5. The molecule has 0 radical (unpaired) electrons. The first-order valence-electron chi connectivity index (χ1n) is 2.26. The summed E-state index contributed by atoms with van der Waals surface area (Å²) in [7, 11) is 0. The van der Waals surface area contributed by atoms with Crippen molar-refractivity contribution in [3.63, 3.8) is 0 Å². The van der Waals surface area contributed by atoms with Gasteiger partial charge in [-0.2, -0.15) is 0 Å². The van der Waals surface area contributed by atoms with Gasteiger partial charge in [-0.15, -0.1) is 0 Å². The van der Waals surface area contributed by atoms with Gasteiger partial charge in [0.1, 0.15) is 0 Å². The summed E-state index contributed by atoms with van der Waals surface area (Å²) in [6.45, 7) is 5.31. The molecule has 0 N–H and O–H groups in total. The van der Waals surface area contributed by atoms with Crippen molar-refractivity contribution in [2.45, 2.75) is 19.5 Å². The largest absolute Gasteiger partial charge is 0.320 e. The van der Waals surface area contributed by atoms with Crippen LogP contribution >= 0.6 is 0 Å². The average molecular weight is 100 g/mol. The maximum atomic E-state index is 4.95. The van der Waals surface area contributed by atoms with Gasteiger partial charge in [0, 0.05) is 0 Å². The van der Waals surface area contributed by atoms with E-state index in [2.05, 4.69) is 6.58 Å². The molecule has 0 amide bonds. The molecule has 1 heterocycles. The molecule has 1 aliphatic heterocycles. The zero-order chi connectivity index (χ0) is 5.28. The molecule has 0 atom stereocenters. The number of hydrogen-bond acceptors (Lipinski definition) is 2. The fourth-order valence-electron chi connectivity index (χ4n) is 0.499. The molecule has 0 aromatic rings. The Morgan fingerprint density at radius 1 is 1.57 bits per heavy atom. The molecule has 40 valence electrons. The highest BCUT2D eigenvalue weighted by molar-refractivity contribution is 4.76. The summed E-state index contributed by atoms with van der Waals surface area (Å²) in [5, 5.41) is 0. The maximum absolute atomic E-state index is 4.95. The first-order chi connectivity index (χ1) is 3.33. The van der Waals surface area contributed by atoms with Crippen LogP contribution in [0.4, 0.5) is 0 Å². The van der Waals surface area contributed by atoms with Crippen molar-refractivity contribution in [1.82, 2.24) is 0 Å². The van der Waals surface area contributed by atoms with Crippen LogP contribution in [0.25, 0.3) is 0 Å². The smallest absolute Gasteiger partial charge is 0.182 e. The average Bonchev–Trinajstić information content (AvgIpc) is 1.58. The van der Waals surface area contributed by atoms with E-state index in [4.69, 9.17) is 9.47 Å². The van der Waals surface area contributed by atoms with Gasteiger partial charge in [-0.05, 0) is 13.0 Å². The van der Waals surface area contributed by atoms with Gasteiger partial charge >= 0.3 is 0 Å². The van der Waals surface area contributed by atoms with Crippen molar-refractivity contribution >= 4 is 0 Å². The van der Waals surface area contributed by atoms with Crippen molar-refractivity contribution in [3.8, 4) is 0 Å². The molecule has 0 bridgehead atoms. The van der Waals surface area contributed by atoms with Crippen LogP contribution in [0, 0.1) is 0 Å². The third-order valence-corrected chi connectivity index (χ3v) is 0.844. The fraction of sp³-hybridized carbons (Fsp3) is 0.600. The maximum Gasteiger partial charge on any atom is 0.182 e. The minimum Gasteiger partial charge on any atom is -0.320 e. The Hall–Kier alpha value is -0.340. The van der Waals surface area contributed by atoms with E-state index >= 15 is 0 Å². The second-order valence-electron chi connectivity index (χ2n) is 1.44. The van der Waals surface area contributed by atoms with E-state index in [-0.39, 0.29) is 12.6 Å². The Bertz CT molecular complexity index is 74.1. The molecule has 1 aliphatic rings. The summed E-state index contributed by atoms with van der Waals surface area (Å²) in [4.78, 5) is 0. The molecule has 0 unspecified atom stereocenters. The molecule has 0 spiro atoms. The summed E-state index contributed by atoms with van der Waals surface area (Å²) in [6.07, 6.45) is 1.46. The summed E-state index contributed by atoms with van der Waals surface area (Å²) in [5.41, 5.74) is 0.